The van der Waals surface area contributed by atoms with Gasteiger partial charge in [-0.3, -0.25) is 9.36 Å². The minimum absolute atomic E-state index is 0.0231. The number of aliphatic carboxylic acids is 1. The van der Waals surface area contributed by atoms with E-state index in [2.05, 4.69) is 15.2 Å². The summed E-state index contributed by atoms with van der Waals surface area (Å²) < 4.78 is 33.6. The number of carboxylic acid groups (broad SMARTS) is 1. The van der Waals surface area contributed by atoms with Gasteiger partial charge in [-0.2, -0.15) is 13.2 Å². The van der Waals surface area contributed by atoms with Crippen LogP contribution < -0.4 is 11.0 Å². The Hall–Kier alpha value is -3.60. The molecular weight excluding hydrogens is 465 g/mol. The molecule has 1 aromatic heterocycles. The fourth-order valence-corrected chi connectivity index (χ4v) is 3.97. The molecule has 0 unspecified atom stereocenters. The third kappa shape index (κ3) is 6.95. The van der Waals surface area contributed by atoms with Crippen LogP contribution in [0.1, 0.15) is 34.8 Å². The Kier molecular flexibility index (Phi) is 8.34. The van der Waals surface area contributed by atoms with Crippen LogP contribution in [-0.2, 0) is 4.79 Å². The third-order valence-electron chi connectivity index (χ3n) is 5.82. The topological polar surface area (TPSA) is 107 Å². The van der Waals surface area contributed by atoms with E-state index < -0.39 is 12.1 Å². The van der Waals surface area contributed by atoms with Gasteiger partial charge < -0.3 is 20.3 Å². The lowest BCUT2D eigenvalue weighted by Crippen LogP contribution is -2.41. The van der Waals surface area contributed by atoms with E-state index in [4.69, 9.17) is 9.90 Å². The van der Waals surface area contributed by atoms with Crippen molar-refractivity contribution in [3.05, 3.63) is 70.1 Å². The summed E-state index contributed by atoms with van der Waals surface area (Å²) in [4.78, 5) is 38.8. The zero-order chi connectivity index (χ0) is 25.6. The van der Waals surface area contributed by atoms with E-state index in [1.54, 1.807) is 0 Å². The van der Waals surface area contributed by atoms with Crippen molar-refractivity contribution in [2.24, 2.45) is 0 Å². The molecule has 35 heavy (non-hydrogen) atoms. The number of piperidine rings is 1. The van der Waals surface area contributed by atoms with E-state index in [0.29, 0.717) is 12.1 Å². The number of imidazole rings is 1. The van der Waals surface area contributed by atoms with Crippen LogP contribution in [0.3, 0.4) is 0 Å². The number of carbonyl (C=O) groups is 2. The number of carboxylic acids is 1. The average molecular weight is 492 g/mol. The average Bonchev–Trinajstić information content (AvgIpc) is 3.15. The number of alkyl halides is 3. The van der Waals surface area contributed by atoms with Gasteiger partial charge in [-0.25, -0.2) is 9.59 Å². The number of aryl methyl sites for hydroxylation is 1. The number of rotatable bonds is 5. The molecule has 1 saturated heterocycles. The van der Waals surface area contributed by atoms with Crippen LogP contribution in [0.5, 0.6) is 0 Å². The van der Waals surface area contributed by atoms with Gasteiger partial charge in [0.05, 0.1) is 11.0 Å². The maximum atomic E-state index is 12.4. The lowest BCUT2D eigenvalue weighted by atomic mass is 10.0. The van der Waals surface area contributed by atoms with Crippen LogP contribution >= 0.6 is 0 Å². The Morgan fingerprint density at radius 1 is 1.09 bits per heavy atom. The van der Waals surface area contributed by atoms with Gasteiger partial charge in [0.2, 0.25) is 0 Å². The number of likely N-dealkylation sites (tertiary alicyclic amines) is 1. The quantitative estimate of drug-likeness (QED) is 0.507. The Balaban J connectivity index is 0.000000429. The van der Waals surface area contributed by atoms with E-state index in [1.807, 2.05) is 60.0 Å². The smallest absolute Gasteiger partial charge is 0.475 e. The molecule has 11 heteroatoms. The van der Waals surface area contributed by atoms with Crippen molar-refractivity contribution in [2.75, 3.05) is 26.2 Å². The summed E-state index contributed by atoms with van der Waals surface area (Å²) in [5, 5.41) is 10.1. The van der Waals surface area contributed by atoms with Crippen molar-refractivity contribution in [1.29, 1.82) is 0 Å². The number of aromatic nitrogens is 2. The van der Waals surface area contributed by atoms with Gasteiger partial charge >= 0.3 is 17.8 Å². The maximum absolute atomic E-state index is 12.4. The minimum atomic E-state index is -5.08. The highest BCUT2D eigenvalue weighted by molar-refractivity contribution is 5.94. The van der Waals surface area contributed by atoms with Crippen molar-refractivity contribution in [2.45, 2.75) is 32.0 Å². The van der Waals surface area contributed by atoms with E-state index in [9.17, 15) is 22.8 Å². The number of fused-ring (bicyclic) bond motifs is 1. The number of hydrogen-bond donors (Lipinski definition) is 3. The number of para-hydroxylation sites is 2. The fourth-order valence-electron chi connectivity index (χ4n) is 3.97. The van der Waals surface area contributed by atoms with Crippen molar-refractivity contribution < 1.29 is 27.9 Å². The first-order valence-electron chi connectivity index (χ1n) is 11.1. The maximum Gasteiger partial charge on any atom is 0.490 e. The largest absolute Gasteiger partial charge is 0.490 e. The summed E-state index contributed by atoms with van der Waals surface area (Å²) in [5.41, 5.74) is 3.70. The lowest BCUT2D eigenvalue weighted by Gasteiger charge is -2.32. The van der Waals surface area contributed by atoms with E-state index >= 15 is 0 Å². The van der Waals surface area contributed by atoms with Gasteiger partial charge in [-0.15, -0.1) is 0 Å². The second kappa shape index (κ2) is 11.2. The molecule has 2 heterocycles. The summed E-state index contributed by atoms with van der Waals surface area (Å²) in [6.07, 6.45) is -3.21. The number of halogens is 3. The summed E-state index contributed by atoms with van der Waals surface area (Å²) >= 11 is 0. The Morgan fingerprint density at radius 3 is 2.29 bits per heavy atom. The van der Waals surface area contributed by atoms with Crippen LogP contribution in [-0.4, -0.2) is 63.8 Å². The van der Waals surface area contributed by atoms with Crippen molar-refractivity contribution >= 4 is 22.9 Å². The van der Waals surface area contributed by atoms with Gasteiger partial charge in [0.25, 0.3) is 5.91 Å². The molecule has 1 amide bonds. The second-order valence-corrected chi connectivity index (χ2v) is 8.31. The Morgan fingerprint density at radius 2 is 1.69 bits per heavy atom. The molecule has 8 nitrogen and oxygen atoms in total. The lowest BCUT2D eigenvalue weighted by molar-refractivity contribution is -0.192. The Labute approximate surface area is 199 Å². The van der Waals surface area contributed by atoms with Gasteiger partial charge in [0, 0.05) is 37.8 Å². The van der Waals surface area contributed by atoms with E-state index in [0.717, 1.165) is 49.1 Å². The van der Waals surface area contributed by atoms with Crippen LogP contribution in [0.15, 0.2) is 53.3 Å². The van der Waals surface area contributed by atoms with Gasteiger partial charge in [0.1, 0.15) is 0 Å². The molecule has 1 fully saturated rings. The first-order chi connectivity index (χ1) is 16.6. The van der Waals surface area contributed by atoms with Crippen LogP contribution in [0, 0.1) is 6.92 Å². The van der Waals surface area contributed by atoms with E-state index in [1.165, 1.54) is 0 Å². The monoisotopic (exact) mass is 492 g/mol. The zero-order valence-electron chi connectivity index (χ0n) is 19.1. The van der Waals surface area contributed by atoms with Crippen LogP contribution in [0.4, 0.5) is 13.2 Å². The third-order valence-corrected chi connectivity index (χ3v) is 5.82. The summed E-state index contributed by atoms with van der Waals surface area (Å²) in [6.45, 7) is 5.32. The SMILES string of the molecule is Cc1ccc(C(=O)NCCN2CCC(n3c(=O)[nH]c4ccccc43)CC2)cc1.O=C(O)C(F)(F)F. The highest BCUT2D eigenvalue weighted by Crippen LogP contribution is 2.24. The number of hydrogen-bond acceptors (Lipinski definition) is 4. The molecular formula is C24H27F3N4O4. The molecule has 3 aromatic rings. The van der Waals surface area contributed by atoms with Crippen molar-refractivity contribution in [3.63, 3.8) is 0 Å². The van der Waals surface area contributed by atoms with Gasteiger partial charge in [-0.05, 0) is 44.0 Å². The molecule has 1 aliphatic heterocycles. The van der Waals surface area contributed by atoms with Crippen molar-refractivity contribution in [3.8, 4) is 0 Å². The highest BCUT2D eigenvalue weighted by Gasteiger charge is 2.38. The van der Waals surface area contributed by atoms with Gasteiger partial charge in [0.15, 0.2) is 0 Å². The molecule has 0 aliphatic carbocycles. The van der Waals surface area contributed by atoms with Gasteiger partial charge in [-0.1, -0.05) is 29.8 Å². The molecule has 188 valence electrons. The number of carbonyl (C=O) groups excluding carboxylic acids is 1. The number of nitrogens with zero attached hydrogens (tertiary/aromatic N) is 2. The molecule has 0 bridgehead atoms. The first-order valence-corrected chi connectivity index (χ1v) is 11.1. The summed E-state index contributed by atoms with van der Waals surface area (Å²) in [6, 6.07) is 15.7. The molecule has 0 saturated carbocycles. The number of H-pyrrole nitrogens is 1. The Bertz CT molecular complexity index is 1210. The van der Waals surface area contributed by atoms with Crippen molar-refractivity contribution in [1.82, 2.24) is 19.8 Å². The zero-order valence-corrected chi connectivity index (χ0v) is 19.1. The number of nitrogens with one attached hydrogen (secondary N) is 2. The minimum Gasteiger partial charge on any atom is -0.475 e. The predicted molar refractivity (Wildman–Crippen MR) is 124 cm³/mol. The number of aromatic amines is 1. The van der Waals surface area contributed by atoms with Crippen LogP contribution in [0.2, 0.25) is 0 Å². The molecule has 2 aromatic carbocycles. The molecule has 0 radical (unpaired) electrons. The highest BCUT2D eigenvalue weighted by atomic mass is 19.4. The van der Waals surface area contributed by atoms with E-state index in [-0.39, 0.29) is 17.6 Å². The first kappa shape index (κ1) is 26.0. The fraction of sp³-hybridized carbons (Fsp3) is 0.375. The molecule has 4 rings (SSSR count). The summed E-state index contributed by atoms with van der Waals surface area (Å²) in [5.74, 6) is -2.78. The summed E-state index contributed by atoms with van der Waals surface area (Å²) in [7, 11) is 0. The molecule has 0 atom stereocenters. The molecule has 1 aliphatic rings. The number of amides is 1. The molecule has 3 N–H and O–H groups in total. The standard InChI is InChI=1S/C22H26N4O2.C2HF3O2/c1-16-6-8-17(9-7-16)21(27)23-12-15-25-13-10-18(11-14-25)26-20-5-3-2-4-19(20)24-22(26)28;3-2(4,5)1(6)7/h2-9,18H,10-15H2,1H3,(H,23,27)(H,24,28);(H,6,7). The normalized spacial score (nSPS) is 14.9. The van der Waals surface area contributed by atoms with Crippen LogP contribution in [0.25, 0.3) is 11.0 Å². The second-order valence-electron chi connectivity index (χ2n) is 8.31. The predicted octanol–water partition coefficient (Wildman–Crippen LogP) is 3.34. The molecule has 0 spiro atoms. The number of benzene rings is 2.